The highest BCUT2D eigenvalue weighted by Crippen LogP contribution is 2.32. The molecule has 1 atom stereocenters. The lowest BCUT2D eigenvalue weighted by Crippen LogP contribution is -2.24. The first kappa shape index (κ1) is 13.9. The highest BCUT2D eigenvalue weighted by atomic mass is 16.2. The molecule has 0 spiro atoms. The molecule has 23 heavy (non-hydrogen) atoms. The van der Waals surface area contributed by atoms with Crippen molar-refractivity contribution < 1.29 is 4.79 Å². The fourth-order valence-electron chi connectivity index (χ4n) is 3.17. The summed E-state index contributed by atoms with van der Waals surface area (Å²) in [4.78, 5) is 12.7. The molecule has 1 unspecified atom stereocenters. The minimum Gasteiger partial charge on any atom is -0.308 e. The largest absolute Gasteiger partial charge is 0.308 e. The standard InChI is InChI=1S/C15H17N7O/c1-7-8(2)18-21-14-12(7)13(20-22-14)17-15(23)9-4-3-5-11-10(9)6-16-19-11/h6,9H,3-5H2,1-2H3,(H,16,19)(H2,17,20,21,22,23). The van der Waals surface area contributed by atoms with Crippen molar-refractivity contribution in [1.29, 1.82) is 0 Å². The molecule has 3 N–H and O–H groups in total. The Hall–Kier alpha value is -2.77. The Morgan fingerprint density at radius 2 is 2.17 bits per heavy atom. The summed E-state index contributed by atoms with van der Waals surface area (Å²) in [7, 11) is 0. The molecule has 0 aliphatic heterocycles. The normalized spacial score (nSPS) is 17.2. The third-order valence-corrected chi connectivity index (χ3v) is 4.57. The molecule has 3 aromatic rings. The minimum absolute atomic E-state index is 0.0605. The van der Waals surface area contributed by atoms with Crippen LogP contribution in [0.3, 0.4) is 0 Å². The van der Waals surface area contributed by atoms with E-state index in [2.05, 4.69) is 35.9 Å². The van der Waals surface area contributed by atoms with E-state index in [-0.39, 0.29) is 11.8 Å². The van der Waals surface area contributed by atoms with Crippen LogP contribution in [0, 0.1) is 13.8 Å². The second-order valence-electron chi connectivity index (χ2n) is 5.94. The molecule has 0 fully saturated rings. The molecule has 1 amide bonds. The van der Waals surface area contributed by atoms with Crippen molar-refractivity contribution in [2.45, 2.75) is 39.0 Å². The number of aryl methyl sites for hydroxylation is 3. The molecule has 0 aromatic carbocycles. The maximum Gasteiger partial charge on any atom is 0.233 e. The predicted octanol–water partition coefficient (Wildman–Crippen LogP) is 1.75. The monoisotopic (exact) mass is 311 g/mol. The molecule has 0 bridgehead atoms. The van der Waals surface area contributed by atoms with Crippen LogP contribution in [0.25, 0.3) is 11.0 Å². The maximum absolute atomic E-state index is 12.7. The zero-order valence-corrected chi connectivity index (χ0v) is 13.0. The summed E-state index contributed by atoms with van der Waals surface area (Å²) in [6.07, 6.45) is 4.48. The van der Waals surface area contributed by atoms with Gasteiger partial charge in [-0.2, -0.15) is 15.3 Å². The third kappa shape index (κ3) is 2.18. The van der Waals surface area contributed by atoms with Gasteiger partial charge in [0.15, 0.2) is 11.5 Å². The number of nitrogens with zero attached hydrogens (tertiary/aromatic N) is 4. The SMILES string of the molecule is Cc1nnc2[nH]nc(NC(=O)C3CCCc4[nH]ncc43)c2c1C. The number of carbonyl (C=O) groups is 1. The van der Waals surface area contributed by atoms with Crippen molar-refractivity contribution in [1.82, 2.24) is 30.6 Å². The Kier molecular flexibility index (Phi) is 3.10. The van der Waals surface area contributed by atoms with Crippen LogP contribution in [-0.2, 0) is 11.2 Å². The average Bonchev–Trinajstić information content (AvgIpc) is 3.17. The quantitative estimate of drug-likeness (QED) is 0.667. The number of nitrogens with one attached hydrogen (secondary N) is 3. The van der Waals surface area contributed by atoms with Gasteiger partial charge in [0.2, 0.25) is 5.91 Å². The number of fused-ring (bicyclic) bond motifs is 2. The zero-order chi connectivity index (χ0) is 16.0. The second-order valence-corrected chi connectivity index (χ2v) is 5.94. The lowest BCUT2D eigenvalue weighted by molar-refractivity contribution is -0.117. The lowest BCUT2D eigenvalue weighted by Gasteiger charge is -2.20. The Balaban J connectivity index is 1.67. The van der Waals surface area contributed by atoms with Gasteiger partial charge in [-0.15, -0.1) is 5.10 Å². The van der Waals surface area contributed by atoms with Crippen LogP contribution in [-0.4, -0.2) is 36.5 Å². The van der Waals surface area contributed by atoms with Crippen LogP contribution in [0.5, 0.6) is 0 Å². The summed E-state index contributed by atoms with van der Waals surface area (Å²) in [5, 5.41) is 26.0. The molecule has 3 aromatic heterocycles. The van der Waals surface area contributed by atoms with Crippen molar-refractivity contribution in [2.24, 2.45) is 0 Å². The van der Waals surface area contributed by atoms with E-state index in [0.717, 1.165) is 47.2 Å². The first-order chi connectivity index (χ1) is 11.1. The smallest absolute Gasteiger partial charge is 0.233 e. The number of aromatic amines is 2. The van der Waals surface area contributed by atoms with Crippen molar-refractivity contribution in [2.75, 3.05) is 5.32 Å². The number of hydrogen-bond acceptors (Lipinski definition) is 5. The predicted molar refractivity (Wildman–Crippen MR) is 84.1 cm³/mol. The number of hydrogen-bond donors (Lipinski definition) is 3. The second kappa shape index (κ2) is 5.15. The molecule has 118 valence electrons. The topological polar surface area (TPSA) is 112 Å². The van der Waals surface area contributed by atoms with E-state index in [9.17, 15) is 4.79 Å². The Morgan fingerprint density at radius 1 is 1.30 bits per heavy atom. The molecule has 3 heterocycles. The van der Waals surface area contributed by atoms with Crippen LogP contribution in [0.2, 0.25) is 0 Å². The molecular weight excluding hydrogens is 294 g/mol. The Morgan fingerprint density at radius 3 is 3.04 bits per heavy atom. The summed E-state index contributed by atoms with van der Waals surface area (Å²) in [6, 6.07) is 0. The summed E-state index contributed by atoms with van der Waals surface area (Å²) in [6.45, 7) is 3.84. The van der Waals surface area contributed by atoms with Crippen LogP contribution in [0.4, 0.5) is 5.82 Å². The first-order valence-electron chi connectivity index (χ1n) is 7.66. The molecule has 1 aliphatic carbocycles. The van der Waals surface area contributed by atoms with E-state index < -0.39 is 0 Å². The van der Waals surface area contributed by atoms with Crippen molar-refractivity contribution in [3.05, 3.63) is 28.7 Å². The Labute approximate surface area is 132 Å². The molecule has 8 nitrogen and oxygen atoms in total. The van der Waals surface area contributed by atoms with E-state index in [1.165, 1.54) is 0 Å². The summed E-state index contributed by atoms with van der Waals surface area (Å²) < 4.78 is 0. The van der Waals surface area contributed by atoms with Crippen LogP contribution >= 0.6 is 0 Å². The molecule has 0 saturated carbocycles. The van der Waals surface area contributed by atoms with E-state index in [0.29, 0.717) is 11.5 Å². The number of anilines is 1. The van der Waals surface area contributed by atoms with Gasteiger partial charge in [0.25, 0.3) is 0 Å². The summed E-state index contributed by atoms with van der Waals surface area (Å²) in [5.74, 6) is 0.256. The van der Waals surface area contributed by atoms with E-state index in [1.807, 2.05) is 13.8 Å². The third-order valence-electron chi connectivity index (χ3n) is 4.57. The van der Waals surface area contributed by atoms with Gasteiger partial charge < -0.3 is 5.32 Å². The Bertz CT molecular complexity index is 895. The van der Waals surface area contributed by atoms with E-state index >= 15 is 0 Å². The van der Waals surface area contributed by atoms with Gasteiger partial charge in [-0.1, -0.05) is 0 Å². The lowest BCUT2D eigenvalue weighted by atomic mass is 9.86. The number of carbonyl (C=O) groups excluding carboxylic acids is 1. The van der Waals surface area contributed by atoms with Gasteiger partial charge in [-0.3, -0.25) is 15.0 Å². The van der Waals surface area contributed by atoms with Crippen molar-refractivity contribution in [3.8, 4) is 0 Å². The molecular formula is C15H17N7O. The number of rotatable bonds is 2. The number of H-pyrrole nitrogens is 2. The fourth-order valence-corrected chi connectivity index (χ4v) is 3.17. The van der Waals surface area contributed by atoms with Crippen LogP contribution < -0.4 is 5.32 Å². The molecule has 1 aliphatic rings. The zero-order valence-electron chi connectivity index (χ0n) is 13.0. The summed E-state index contributed by atoms with van der Waals surface area (Å²) >= 11 is 0. The number of amides is 1. The fraction of sp³-hybridized carbons (Fsp3) is 0.400. The maximum atomic E-state index is 12.7. The van der Waals surface area contributed by atoms with Gasteiger partial charge in [-0.25, -0.2) is 0 Å². The van der Waals surface area contributed by atoms with Crippen molar-refractivity contribution >= 4 is 22.8 Å². The highest BCUT2D eigenvalue weighted by Gasteiger charge is 2.29. The molecule has 0 saturated heterocycles. The molecule has 8 heteroatoms. The highest BCUT2D eigenvalue weighted by molar-refractivity contribution is 6.02. The van der Waals surface area contributed by atoms with Crippen LogP contribution in [0.15, 0.2) is 6.20 Å². The van der Waals surface area contributed by atoms with E-state index in [1.54, 1.807) is 6.20 Å². The first-order valence-corrected chi connectivity index (χ1v) is 7.66. The molecule has 0 radical (unpaired) electrons. The van der Waals surface area contributed by atoms with Gasteiger partial charge in [0.05, 0.1) is 23.2 Å². The average molecular weight is 311 g/mol. The van der Waals surface area contributed by atoms with Gasteiger partial charge in [-0.05, 0) is 38.7 Å². The summed E-state index contributed by atoms with van der Waals surface area (Å²) in [5.41, 5.74) is 4.41. The minimum atomic E-state index is -0.194. The van der Waals surface area contributed by atoms with E-state index in [4.69, 9.17) is 0 Å². The molecule has 4 rings (SSSR count). The van der Waals surface area contributed by atoms with Gasteiger partial charge in [0.1, 0.15) is 0 Å². The van der Waals surface area contributed by atoms with Gasteiger partial charge in [0, 0.05) is 11.3 Å². The van der Waals surface area contributed by atoms with Crippen molar-refractivity contribution in [3.63, 3.8) is 0 Å². The number of aromatic nitrogens is 6. The van der Waals surface area contributed by atoms with Gasteiger partial charge >= 0.3 is 0 Å². The van der Waals surface area contributed by atoms with Crippen LogP contribution in [0.1, 0.15) is 41.3 Å².